The summed E-state index contributed by atoms with van der Waals surface area (Å²) in [7, 11) is 0. The third-order valence-electron chi connectivity index (χ3n) is 4.62. The predicted molar refractivity (Wildman–Crippen MR) is 91.6 cm³/mol. The van der Waals surface area contributed by atoms with Gasteiger partial charge in [0, 0.05) is 5.54 Å². The molecule has 0 aliphatic rings. The van der Waals surface area contributed by atoms with Crippen LogP contribution >= 0.6 is 0 Å². The van der Waals surface area contributed by atoms with Gasteiger partial charge in [-0.05, 0) is 38.6 Å². The number of rotatable bonds is 12. The lowest BCUT2D eigenvalue weighted by Crippen LogP contribution is -2.54. The van der Waals surface area contributed by atoms with Gasteiger partial charge in [-0.15, -0.1) is 0 Å². The fourth-order valence-electron chi connectivity index (χ4n) is 2.48. The number of aliphatic carboxylic acids is 2. The van der Waals surface area contributed by atoms with E-state index >= 15 is 0 Å². The normalized spacial score (nSPS) is 17.3. The molecule has 6 nitrogen and oxygen atoms in total. The van der Waals surface area contributed by atoms with Crippen LogP contribution in [0.25, 0.3) is 0 Å². The van der Waals surface area contributed by atoms with Crippen molar-refractivity contribution in [3.8, 4) is 0 Å². The van der Waals surface area contributed by atoms with E-state index in [0.717, 1.165) is 12.8 Å². The van der Waals surface area contributed by atoms with Crippen molar-refractivity contribution in [1.29, 1.82) is 0 Å². The molecular weight excluding hydrogens is 296 g/mol. The van der Waals surface area contributed by atoms with E-state index in [0.29, 0.717) is 13.0 Å². The Morgan fingerprint density at radius 3 is 1.78 bits per heavy atom. The quantitative estimate of drug-likeness (QED) is 0.438. The molecule has 4 unspecified atom stereocenters. The zero-order chi connectivity index (χ0) is 18.2. The lowest BCUT2D eigenvalue weighted by molar-refractivity contribution is -0.142. The highest BCUT2D eigenvalue weighted by molar-refractivity contribution is 5.74. The average molecular weight is 330 g/mol. The summed E-state index contributed by atoms with van der Waals surface area (Å²) in [5.41, 5.74) is -0.391. The maximum Gasteiger partial charge on any atom is 0.320 e. The van der Waals surface area contributed by atoms with Crippen molar-refractivity contribution in [3.05, 3.63) is 0 Å². The van der Waals surface area contributed by atoms with Gasteiger partial charge in [-0.2, -0.15) is 0 Å². The van der Waals surface area contributed by atoms with Crippen LogP contribution in [-0.2, 0) is 9.59 Å². The highest BCUT2D eigenvalue weighted by Gasteiger charge is 2.30. The van der Waals surface area contributed by atoms with Gasteiger partial charge in [0.25, 0.3) is 0 Å². The summed E-state index contributed by atoms with van der Waals surface area (Å²) in [5, 5.41) is 24.9. The topological polar surface area (TPSA) is 98.7 Å². The molecule has 0 spiro atoms. The second-order valence-electron chi connectivity index (χ2n) is 7.14. The third-order valence-corrected chi connectivity index (χ3v) is 4.62. The monoisotopic (exact) mass is 330 g/mol. The number of nitrogens with one attached hydrogen (secondary N) is 2. The highest BCUT2D eigenvalue weighted by Crippen LogP contribution is 2.16. The van der Waals surface area contributed by atoms with Crippen molar-refractivity contribution in [3.63, 3.8) is 0 Å². The molecule has 0 amide bonds. The second kappa shape index (κ2) is 9.88. The molecule has 0 saturated carbocycles. The molecule has 0 aliphatic carbocycles. The average Bonchev–Trinajstić information content (AvgIpc) is 2.47. The van der Waals surface area contributed by atoms with Crippen LogP contribution in [0.15, 0.2) is 0 Å². The van der Waals surface area contributed by atoms with Crippen LogP contribution in [0, 0.1) is 11.8 Å². The Bertz CT molecular complexity index is 385. The molecule has 6 heteroatoms. The van der Waals surface area contributed by atoms with Crippen LogP contribution < -0.4 is 10.6 Å². The smallest absolute Gasteiger partial charge is 0.320 e. The van der Waals surface area contributed by atoms with E-state index in [9.17, 15) is 19.8 Å². The lowest BCUT2D eigenvalue weighted by Gasteiger charge is -2.33. The van der Waals surface area contributed by atoms with Crippen LogP contribution in [0.2, 0.25) is 0 Å². The lowest BCUT2D eigenvalue weighted by atomic mass is 9.92. The molecule has 0 aliphatic heterocycles. The summed E-state index contributed by atoms with van der Waals surface area (Å²) in [6.45, 7) is 12.2. The van der Waals surface area contributed by atoms with Crippen molar-refractivity contribution in [2.24, 2.45) is 11.8 Å². The first kappa shape index (κ1) is 21.9. The molecule has 0 fully saturated rings. The first-order valence-electron chi connectivity index (χ1n) is 8.52. The van der Waals surface area contributed by atoms with Crippen LogP contribution in [0.1, 0.15) is 60.8 Å². The zero-order valence-corrected chi connectivity index (χ0v) is 15.3. The van der Waals surface area contributed by atoms with Gasteiger partial charge in [-0.25, -0.2) is 0 Å². The van der Waals surface area contributed by atoms with Gasteiger partial charge >= 0.3 is 11.9 Å². The fraction of sp³-hybridized carbons (Fsp3) is 0.882. The first-order valence-corrected chi connectivity index (χ1v) is 8.52. The highest BCUT2D eigenvalue weighted by atomic mass is 16.4. The van der Waals surface area contributed by atoms with Crippen LogP contribution in [0.3, 0.4) is 0 Å². The zero-order valence-electron chi connectivity index (χ0n) is 15.3. The van der Waals surface area contributed by atoms with Crippen molar-refractivity contribution < 1.29 is 19.8 Å². The van der Waals surface area contributed by atoms with Crippen molar-refractivity contribution >= 4 is 11.9 Å². The second-order valence-corrected chi connectivity index (χ2v) is 7.14. The van der Waals surface area contributed by atoms with Crippen LogP contribution in [0.5, 0.6) is 0 Å². The van der Waals surface area contributed by atoms with E-state index in [1.54, 1.807) is 0 Å². The van der Waals surface area contributed by atoms with E-state index in [-0.39, 0.29) is 11.8 Å². The van der Waals surface area contributed by atoms with Gasteiger partial charge in [0.05, 0.1) is 0 Å². The van der Waals surface area contributed by atoms with Gasteiger partial charge in [-0.1, -0.05) is 40.5 Å². The number of carboxylic acid groups (broad SMARTS) is 2. The molecule has 0 aromatic heterocycles. The molecule has 0 bridgehead atoms. The molecule has 0 aromatic rings. The predicted octanol–water partition coefficient (Wildman–Crippen LogP) is 2.33. The number of hydrogen-bond donors (Lipinski definition) is 4. The van der Waals surface area contributed by atoms with Crippen molar-refractivity contribution in [1.82, 2.24) is 10.6 Å². The molecule has 0 radical (unpaired) electrons. The maximum atomic E-state index is 11.4. The van der Waals surface area contributed by atoms with Gasteiger partial charge < -0.3 is 15.5 Å². The Hall–Kier alpha value is -1.14. The Balaban J connectivity index is 4.61. The minimum Gasteiger partial charge on any atom is -0.480 e. The maximum absolute atomic E-state index is 11.4. The standard InChI is InChI=1S/C17H34N2O4/c1-7-11(3)13(15(20)21)18-10-9-17(5,6)19-14(16(22)23)12(4)8-2/h11-14,18-19H,7-10H2,1-6H3,(H,20,21)(H,22,23). The third kappa shape index (κ3) is 7.79. The Morgan fingerprint density at radius 1 is 0.957 bits per heavy atom. The summed E-state index contributed by atoms with van der Waals surface area (Å²) in [6, 6.07) is -1.17. The van der Waals surface area contributed by atoms with Gasteiger partial charge in [0.1, 0.15) is 12.1 Å². The van der Waals surface area contributed by atoms with Gasteiger partial charge in [-0.3, -0.25) is 14.9 Å². The minimum atomic E-state index is -0.844. The molecule has 0 saturated heterocycles. The van der Waals surface area contributed by atoms with E-state index in [2.05, 4.69) is 10.6 Å². The summed E-state index contributed by atoms with van der Waals surface area (Å²) < 4.78 is 0. The summed E-state index contributed by atoms with van der Waals surface area (Å²) >= 11 is 0. The fourth-order valence-corrected chi connectivity index (χ4v) is 2.48. The van der Waals surface area contributed by atoms with Crippen molar-refractivity contribution in [2.75, 3.05) is 6.54 Å². The largest absolute Gasteiger partial charge is 0.480 e. The van der Waals surface area contributed by atoms with E-state index < -0.39 is 29.6 Å². The van der Waals surface area contributed by atoms with Gasteiger partial charge in [0.2, 0.25) is 0 Å². The Morgan fingerprint density at radius 2 is 1.39 bits per heavy atom. The van der Waals surface area contributed by atoms with Crippen molar-refractivity contribution in [2.45, 2.75) is 78.4 Å². The van der Waals surface area contributed by atoms with E-state index in [1.165, 1.54) is 0 Å². The van der Waals surface area contributed by atoms with Gasteiger partial charge in [0.15, 0.2) is 0 Å². The molecule has 23 heavy (non-hydrogen) atoms. The number of carboxylic acids is 2. The minimum absolute atomic E-state index is 0.0339. The summed E-state index contributed by atoms with van der Waals surface area (Å²) in [6.07, 6.45) is 2.22. The number of hydrogen-bond acceptors (Lipinski definition) is 4. The molecule has 4 atom stereocenters. The SMILES string of the molecule is CCC(C)C(NCCC(C)(C)NC(C(=O)O)C(C)CC)C(=O)O. The summed E-state index contributed by atoms with van der Waals surface area (Å²) in [5.74, 6) is -1.60. The molecule has 0 rings (SSSR count). The van der Waals surface area contributed by atoms with E-state index in [1.807, 2.05) is 41.5 Å². The molecule has 0 aromatic carbocycles. The molecule has 136 valence electrons. The molecule has 4 N–H and O–H groups in total. The summed E-state index contributed by atoms with van der Waals surface area (Å²) in [4.78, 5) is 22.7. The van der Waals surface area contributed by atoms with Crippen LogP contribution in [0.4, 0.5) is 0 Å². The van der Waals surface area contributed by atoms with Crippen LogP contribution in [-0.4, -0.2) is 46.3 Å². The molecule has 0 heterocycles. The Kier molecular flexibility index (Phi) is 9.39. The number of carbonyl (C=O) groups is 2. The first-order chi connectivity index (χ1) is 10.6. The molecular formula is C17H34N2O4. The Labute approximate surface area is 140 Å². The van der Waals surface area contributed by atoms with E-state index in [4.69, 9.17) is 0 Å².